The van der Waals surface area contributed by atoms with Crippen LogP contribution < -0.4 is 0 Å². The Balaban J connectivity index is 4.47. The van der Waals surface area contributed by atoms with E-state index >= 15 is 0 Å². The van der Waals surface area contributed by atoms with Crippen LogP contribution in [0.3, 0.4) is 0 Å². The van der Waals surface area contributed by atoms with Crippen molar-refractivity contribution >= 4 is 9.28 Å². The van der Waals surface area contributed by atoms with Gasteiger partial charge in [0.05, 0.1) is 0 Å². The summed E-state index contributed by atoms with van der Waals surface area (Å²) in [5.41, 5.74) is 0. The molecule has 0 amide bonds. The van der Waals surface area contributed by atoms with Crippen molar-refractivity contribution in [3.8, 4) is 0 Å². The highest BCUT2D eigenvalue weighted by Crippen LogP contribution is 2.41. The standard InChI is InChI=1S/C9H22O2Si/c1-7-9(4,8(2)3)12(10-5)11-6/h8,12H,7H2,1-6H3. The van der Waals surface area contributed by atoms with E-state index in [0.29, 0.717) is 5.92 Å². The Labute approximate surface area is 78.1 Å². The van der Waals surface area contributed by atoms with Crippen LogP contribution in [0, 0.1) is 5.92 Å². The van der Waals surface area contributed by atoms with E-state index in [1.54, 1.807) is 14.2 Å². The molecule has 3 heteroatoms. The molecule has 0 heterocycles. The van der Waals surface area contributed by atoms with Gasteiger partial charge in [0.15, 0.2) is 0 Å². The fraction of sp³-hybridized carbons (Fsp3) is 1.00. The van der Waals surface area contributed by atoms with Crippen molar-refractivity contribution in [3.63, 3.8) is 0 Å². The maximum absolute atomic E-state index is 5.43. The maximum Gasteiger partial charge on any atom is 0.327 e. The van der Waals surface area contributed by atoms with Crippen LogP contribution in [0.2, 0.25) is 5.04 Å². The molecule has 2 nitrogen and oxygen atoms in total. The molecular weight excluding hydrogens is 168 g/mol. The molecule has 0 aromatic rings. The average Bonchev–Trinajstić information content (AvgIpc) is 2.05. The Kier molecular flexibility index (Phi) is 5.05. The van der Waals surface area contributed by atoms with E-state index in [-0.39, 0.29) is 5.04 Å². The molecule has 0 aliphatic carbocycles. The second kappa shape index (κ2) is 4.99. The quantitative estimate of drug-likeness (QED) is 0.619. The molecule has 0 aromatic heterocycles. The van der Waals surface area contributed by atoms with E-state index in [4.69, 9.17) is 8.85 Å². The van der Waals surface area contributed by atoms with Crippen molar-refractivity contribution in [1.29, 1.82) is 0 Å². The lowest BCUT2D eigenvalue weighted by molar-refractivity contribution is 0.217. The molecule has 12 heavy (non-hydrogen) atoms. The summed E-state index contributed by atoms with van der Waals surface area (Å²) in [6, 6.07) is 0. The minimum absolute atomic E-state index is 0.253. The van der Waals surface area contributed by atoms with Crippen molar-refractivity contribution in [3.05, 3.63) is 0 Å². The molecular formula is C9H22O2Si. The second-order valence-corrected chi connectivity index (χ2v) is 6.74. The fourth-order valence-electron chi connectivity index (χ4n) is 1.48. The van der Waals surface area contributed by atoms with E-state index in [1.165, 1.54) is 0 Å². The Hall–Kier alpha value is 0.137. The minimum Gasteiger partial charge on any atom is -0.400 e. The van der Waals surface area contributed by atoms with Gasteiger partial charge in [-0.1, -0.05) is 27.7 Å². The molecule has 0 rings (SSSR count). The Bertz CT molecular complexity index is 124. The van der Waals surface area contributed by atoms with E-state index in [1.807, 2.05) is 0 Å². The smallest absolute Gasteiger partial charge is 0.327 e. The van der Waals surface area contributed by atoms with Crippen LogP contribution in [0.4, 0.5) is 0 Å². The van der Waals surface area contributed by atoms with Crippen LogP contribution in [0.25, 0.3) is 0 Å². The molecule has 0 bridgehead atoms. The molecule has 0 aliphatic rings. The lowest BCUT2D eigenvalue weighted by Crippen LogP contribution is -2.38. The van der Waals surface area contributed by atoms with Gasteiger partial charge in [-0.25, -0.2) is 0 Å². The zero-order chi connectivity index (χ0) is 9.78. The van der Waals surface area contributed by atoms with Gasteiger partial charge in [0.1, 0.15) is 0 Å². The van der Waals surface area contributed by atoms with Gasteiger partial charge in [0.25, 0.3) is 0 Å². The largest absolute Gasteiger partial charge is 0.400 e. The maximum atomic E-state index is 5.43. The van der Waals surface area contributed by atoms with Gasteiger partial charge < -0.3 is 8.85 Å². The van der Waals surface area contributed by atoms with Crippen molar-refractivity contribution < 1.29 is 8.85 Å². The van der Waals surface area contributed by atoms with Gasteiger partial charge in [-0.15, -0.1) is 0 Å². The summed E-state index contributed by atoms with van der Waals surface area (Å²) in [7, 11) is 2.04. The topological polar surface area (TPSA) is 18.5 Å². The van der Waals surface area contributed by atoms with Gasteiger partial charge in [-0.3, -0.25) is 0 Å². The van der Waals surface area contributed by atoms with Gasteiger partial charge in [0, 0.05) is 19.3 Å². The first-order valence-electron chi connectivity index (χ1n) is 4.58. The first kappa shape index (κ1) is 12.1. The van der Waals surface area contributed by atoms with E-state index in [2.05, 4.69) is 27.7 Å². The molecule has 0 fully saturated rings. The second-order valence-electron chi connectivity index (χ2n) is 3.82. The summed E-state index contributed by atoms with van der Waals surface area (Å²) in [6.07, 6.45) is 1.13. The van der Waals surface area contributed by atoms with Crippen LogP contribution in [0.15, 0.2) is 0 Å². The zero-order valence-electron chi connectivity index (χ0n) is 9.18. The number of hydrogen-bond donors (Lipinski definition) is 0. The molecule has 0 saturated carbocycles. The Morgan fingerprint density at radius 3 is 1.75 bits per heavy atom. The fourth-order valence-corrected chi connectivity index (χ4v) is 3.63. The summed E-state index contributed by atoms with van der Waals surface area (Å²) in [6.45, 7) is 8.95. The lowest BCUT2D eigenvalue weighted by atomic mass is 9.94. The van der Waals surface area contributed by atoms with Gasteiger partial charge in [0.2, 0.25) is 0 Å². The van der Waals surface area contributed by atoms with E-state index in [9.17, 15) is 0 Å². The normalized spacial score (nSPS) is 17.0. The molecule has 1 atom stereocenters. The monoisotopic (exact) mass is 190 g/mol. The van der Waals surface area contributed by atoms with Crippen molar-refractivity contribution in [1.82, 2.24) is 0 Å². The summed E-state index contributed by atoms with van der Waals surface area (Å²) in [4.78, 5) is 0. The Morgan fingerprint density at radius 1 is 1.25 bits per heavy atom. The number of rotatable bonds is 5. The van der Waals surface area contributed by atoms with Crippen LogP contribution in [-0.4, -0.2) is 23.5 Å². The summed E-state index contributed by atoms with van der Waals surface area (Å²) >= 11 is 0. The van der Waals surface area contributed by atoms with E-state index in [0.717, 1.165) is 6.42 Å². The molecule has 1 unspecified atom stereocenters. The predicted molar refractivity (Wildman–Crippen MR) is 54.7 cm³/mol. The van der Waals surface area contributed by atoms with Crippen molar-refractivity contribution in [2.45, 2.75) is 39.2 Å². The third-order valence-corrected chi connectivity index (χ3v) is 6.06. The van der Waals surface area contributed by atoms with Crippen LogP contribution in [0.5, 0.6) is 0 Å². The highest BCUT2D eigenvalue weighted by atomic mass is 28.3. The van der Waals surface area contributed by atoms with Crippen molar-refractivity contribution in [2.75, 3.05) is 14.2 Å². The molecule has 0 radical (unpaired) electrons. The molecule has 0 aliphatic heterocycles. The SMILES string of the molecule is CCC(C)(C(C)C)[SiH](OC)OC. The summed E-state index contributed by atoms with van der Waals surface area (Å²) in [5, 5.41) is 0.253. The zero-order valence-corrected chi connectivity index (χ0v) is 10.3. The Morgan fingerprint density at radius 2 is 1.67 bits per heavy atom. The average molecular weight is 190 g/mol. The van der Waals surface area contributed by atoms with Crippen molar-refractivity contribution in [2.24, 2.45) is 5.92 Å². The first-order valence-corrected chi connectivity index (χ1v) is 6.10. The first-order chi connectivity index (χ1) is 5.52. The summed E-state index contributed by atoms with van der Waals surface area (Å²) < 4.78 is 10.9. The highest BCUT2D eigenvalue weighted by Gasteiger charge is 2.38. The van der Waals surface area contributed by atoms with Gasteiger partial charge in [-0.05, 0) is 12.3 Å². The van der Waals surface area contributed by atoms with Crippen LogP contribution >= 0.6 is 0 Å². The molecule has 0 aromatic carbocycles. The number of hydrogen-bond acceptors (Lipinski definition) is 2. The summed E-state index contributed by atoms with van der Waals surface area (Å²) in [5.74, 6) is 0.624. The van der Waals surface area contributed by atoms with Crippen LogP contribution in [0.1, 0.15) is 34.1 Å². The third-order valence-electron chi connectivity index (χ3n) is 3.05. The lowest BCUT2D eigenvalue weighted by Gasteiger charge is -2.36. The van der Waals surface area contributed by atoms with Gasteiger partial charge in [-0.2, -0.15) is 0 Å². The molecule has 74 valence electrons. The van der Waals surface area contributed by atoms with E-state index < -0.39 is 9.28 Å². The van der Waals surface area contributed by atoms with Crippen LogP contribution in [-0.2, 0) is 8.85 Å². The third kappa shape index (κ3) is 2.31. The predicted octanol–water partition coefficient (Wildman–Crippen LogP) is 2.33. The minimum atomic E-state index is -1.48. The molecule has 0 N–H and O–H groups in total. The highest BCUT2D eigenvalue weighted by molar-refractivity contribution is 6.48. The van der Waals surface area contributed by atoms with Gasteiger partial charge >= 0.3 is 9.28 Å². The molecule has 0 saturated heterocycles. The molecule has 0 spiro atoms.